The minimum absolute atomic E-state index is 0. The number of aliphatic imine (C=N–C) groups is 2. The lowest BCUT2D eigenvalue weighted by molar-refractivity contribution is 0.339. The molecule has 0 atom stereocenters. The first-order chi connectivity index (χ1) is 9.65. The lowest BCUT2D eigenvalue weighted by atomic mass is 10.1. The molecule has 21 heavy (non-hydrogen) atoms. The van der Waals surface area contributed by atoms with E-state index in [1.807, 2.05) is 24.3 Å². The van der Waals surface area contributed by atoms with Gasteiger partial charge in [-0.15, -0.1) is 12.4 Å². The molecule has 0 amide bonds. The second kappa shape index (κ2) is 8.89. The fourth-order valence-electron chi connectivity index (χ4n) is 2.11. The van der Waals surface area contributed by atoms with Gasteiger partial charge in [0.2, 0.25) is 5.96 Å². The fraction of sp³-hybridized carbons (Fsp3) is 0.429. The molecule has 5 nitrogen and oxygen atoms in total. The monoisotopic (exact) mass is 373 g/mol. The molecule has 1 aromatic carbocycles. The minimum Gasteiger partial charge on any atom is -0.369 e. The molecule has 0 saturated carbocycles. The average Bonchev–Trinajstić information content (AvgIpc) is 2.47. The van der Waals surface area contributed by atoms with E-state index >= 15 is 0 Å². The molecule has 1 heterocycles. The predicted molar refractivity (Wildman–Crippen MR) is 93.8 cm³/mol. The number of likely N-dealkylation sites (tertiary alicyclic amines) is 1. The Bertz CT molecular complexity index is 495. The number of guanidine groups is 2. The van der Waals surface area contributed by atoms with Gasteiger partial charge >= 0.3 is 0 Å². The van der Waals surface area contributed by atoms with Crippen LogP contribution in [0.4, 0.5) is 0 Å². The van der Waals surface area contributed by atoms with Crippen LogP contribution in [0.5, 0.6) is 0 Å². The second-order valence-corrected chi connectivity index (χ2v) is 5.73. The van der Waals surface area contributed by atoms with Gasteiger partial charge in [0, 0.05) is 17.6 Å². The van der Waals surface area contributed by atoms with Gasteiger partial charge in [-0.05, 0) is 37.0 Å². The van der Waals surface area contributed by atoms with Gasteiger partial charge in [-0.3, -0.25) is 0 Å². The van der Waals surface area contributed by atoms with Gasteiger partial charge in [0.15, 0.2) is 5.96 Å². The summed E-state index contributed by atoms with van der Waals surface area (Å²) >= 11 is 3.40. The van der Waals surface area contributed by atoms with Crippen LogP contribution in [-0.2, 0) is 6.54 Å². The highest BCUT2D eigenvalue weighted by Gasteiger charge is 2.12. The lowest BCUT2D eigenvalue weighted by Crippen LogP contribution is -2.41. The molecule has 1 aliphatic heterocycles. The molecule has 0 aliphatic carbocycles. The largest absolute Gasteiger partial charge is 0.369 e. The van der Waals surface area contributed by atoms with Gasteiger partial charge < -0.3 is 16.4 Å². The maximum atomic E-state index is 5.95. The summed E-state index contributed by atoms with van der Waals surface area (Å²) in [5.41, 5.74) is 12.8. The first-order valence-corrected chi connectivity index (χ1v) is 7.58. The molecule has 1 fully saturated rings. The number of rotatable bonds is 2. The molecule has 0 radical (unpaired) electrons. The van der Waals surface area contributed by atoms with Crippen LogP contribution in [0.1, 0.15) is 24.8 Å². The van der Waals surface area contributed by atoms with Gasteiger partial charge in [0.1, 0.15) is 0 Å². The van der Waals surface area contributed by atoms with E-state index in [2.05, 4.69) is 30.8 Å². The molecule has 2 rings (SSSR count). The molecule has 116 valence electrons. The van der Waals surface area contributed by atoms with Crippen molar-refractivity contribution in [2.75, 3.05) is 13.1 Å². The maximum Gasteiger partial charge on any atom is 0.218 e. The molecule has 1 aromatic rings. The Morgan fingerprint density at radius 3 is 2.33 bits per heavy atom. The summed E-state index contributed by atoms with van der Waals surface area (Å²) in [4.78, 5) is 10.5. The highest BCUT2D eigenvalue weighted by atomic mass is 79.9. The van der Waals surface area contributed by atoms with E-state index in [0.717, 1.165) is 36.0 Å². The number of nitrogens with zero attached hydrogens (tertiary/aromatic N) is 3. The third kappa shape index (κ3) is 5.93. The van der Waals surface area contributed by atoms with Gasteiger partial charge in [0.05, 0.1) is 6.54 Å². The van der Waals surface area contributed by atoms with Crippen LogP contribution in [-0.4, -0.2) is 29.9 Å². The molecule has 1 saturated heterocycles. The van der Waals surface area contributed by atoms with Crippen molar-refractivity contribution in [3.8, 4) is 0 Å². The maximum absolute atomic E-state index is 5.95. The summed E-state index contributed by atoms with van der Waals surface area (Å²) in [6.45, 7) is 2.42. The number of halogens is 2. The van der Waals surface area contributed by atoms with Crippen molar-refractivity contribution in [2.24, 2.45) is 21.5 Å². The summed E-state index contributed by atoms with van der Waals surface area (Å²) in [6.07, 6.45) is 3.58. The first kappa shape index (κ1) is 17.8. The van der Waals surface area contributed by atoms with E-state index in [4.69, 9.17) is 11.5 Å². The van der Waals surface area contributed by atoms with Crippen LogP contribution >= 0.6 is 28.3 Å². The zero-order chi connectivity index (χ0) is 14.4. The van der Waals surface area contributed by atoms with Crippen molar-refractivity contribution in [1.82, 2.24) is 4.90 Å². The molecule has 1 aliphatic rings. The summed E-state index contributed by atoms with van der Waals surface area (Å²) in [5.74, 6) is 0.706. The van der Waals surface area contributed by atoms with Crippen molar-refractivity contribution in [3.63, 3.8) is 0 Å². The van der Waals surface area contributed by atoms with Crippen molar-refractivity contribution in [2.45, 2.75) is 25.8 Å². The predicted octanol–water partition coefficient (Wildman–Crippen LogP) is 2.49. The van der Waals surface area contributed by atoms with Gasteiger partial charge in [-0.1, -0.05) is 28.1 Å². The molecular weight excluding hydrogens is 354 g/mol. The molecule has 4 N–H and O–H groups in total. The zero-order valence-corrected chi connectivity index (χ0v) is 14.2. The minimum atomic E-state index is 0. The van der Waals surface area contributed by atoms with Crippen molar-refractivity contribution in [1.29, 1.82) is 0 Å². The topological polar surface area (TPSA) is 80.0 Å². The molecule has 0 aromatic heterocycles. The lowest BCUT2D eigenvalue weighted by Gasteiger charge is -2.27. The SMILES string of the molecule is Cl.NC(=NCc1ccc(Br)cc1)N=C(N)N1CCCCC1. The number of nitrogens with two attached hydrogens (primary N) is 2. The Morgan fingerprint density at radius 2 is 1.71 bits per heavy atom. The van der Waals surface area contributed by atoms with E-state index in [1.165, 1.54) is 6.42 Å². The highest BCUT2D eigenvalue weighted by molar-refractivity contribution is 9.10. The number of benzene rings is 1. The zero-order valence-electron chi connectivity index (χ0n) is 11.8. The molecular formula is C14H21BrClN5. The van der Waals surface area contributed by atoms with Crippen LogP contribution < -0.4 is 11.5 Å². The first-order valence-electron chi connectivity index (χ1n) is 6.78. The standard InChI is InChI=1S/C14H20BrN5.ClH/c15-12-6-4-11(5-7-12)10-18-13(16)19-14(17)20-8-2-1-3-9-20;/h4-7H,1-3,8-10H2,(H4,16,17,18,19);1H. The molecule has 0 unspecified atom stereocenters. The van der Waals surface area contributed by atoms with Gasteiger partial charge in [-0.2, -0.15) is 4.99 Å². The van der Waals surface area contributed by atoms with E-state index in [1.54, 1.807) is 0 Å². The number of piperidine rings is 1. The van der Waals surface area contributed by atoms with Crippen LogP contribution in [0.25, 0.3) is 0 Å². The Labute approximate surface area is 140 Å². The Hall–Kier alpha value is -1.27. The van der Waals surface area contributed by atoms with Crippen LogP contribution in [0.15, 0.2) is 38.7 Å². The summed E-state index contributed by atoms with van der Waals surface area (Å²) < 4.78 is 1.05. The Morgan fingerprint density at radius 1 is 1.10 bits per heavy atom. The Balaban J connectivity index is 0.00000220. The van der Waals surface area contributed by atoms with Crippen LogP contribution in [0.2, 0.25) is 0 Å². The van der Waals surface area contributed by atoms with Gasteiger partial charge in [0.25, 0.3) is 0 Å². The van der Waals surface area contributed by atoms with Gasteiger partial charge in [-0.25, -0.2) is 4.99 Å². The quantitative estimate of drug-likeness (QED) is 0.616. The summed E-state index contributed by atoms with van der Waals surface area (Å²) in [7, 11) is 0. The van der Waals surface area contributed by atoms with Crippen LogP contribution in [0, 0.1) is 0 Å². The fourth-order valence-corrected chi connectivity index (χ4v) is 2.37. The van der Waals surface area contributed by atoms with Crippen LogP contribution in [0.3, 0.4) is 0 Å². The van der Waals surface area contributed by atoms with E-state index in [-0.39, 0.29) is 18.4 Å². The Kier molecular flexibility index (Phi) is 7.53. The van der Waals surface area contributed by atoms with E-state index < -0.39 is 0 Å². The molecule has 0 spiro atoms. The summed E-state index contributed by atoms with van der Waals surface area (Å²) in [6, 6.07) is 7.95. The molecule has 7 heteroatoms. The number of hydrogen-bond acceptors (Lipinski definition) is 1. The third-order valence-electron chi connectivity index (χ3n) is 3.25. The van der Waals surface area contributed by atoms with Crippen molar-refractivity contribution < 1.29 is 0 Å². The van der Waals surface area contributed by atoms with E-state index in [9.17, 15) is 0 Å². The normalized spacial score (nSPS) is 16.5. The number of hydrogen-bond donors (Lipinski definition) is 2. The second-order valence-electron chi connectivity index (χ2n) is 4.82. The average molecular weight is 375 g/mol. The smallest absolute Gasteiger partial charge is 0.218 e. The van der Waals surface area contributed by atoms with E-state index in [0.29, 0.717) is 12.5 Å². The highest BCUT2D eigenvalue weighted by Crippen LogP contribution is 2.11. The summed E-state index contributed by atoms with van der Waals surface area (Å²) in [5, 5.41) is 0. The third-order valence-corrected chi connectivity index (χ3v) is 3.77. The van der Waals surface area contributed by atoms with Crippen molar-refractivity contribution in [3.05, 3.63) is 34.3 Å². The molecule has 0 bridgehead atoms. The van der Waals surface area contributed by atoms with Crippen molar-refractivity contribution >= 4 is 40.3 Å².